The molecule has 1 aliphatic carbocycles. The summed E-state index contributed by atoms with van der Waals surface area (Å²) >= 11 is 0. The van der Waals surface area contributed by atoms with Gasteiger partial charge in [-0.2, -0.15) is 0 Å². The molecule has 27 heavy (non-hydrogen) atoms. The highest BCUT2D eigenvalue weighted by atomic mass is 14.9. The van der Waals surface area contributed by atoms with Gasteiger partial charge in [-0.25, -0.2) is 0 Å². The summed E-state index contributed by atoms with van der Waals surface area (Å²) in [4.78, 5) is 0. The fourth-order valence-electron chi connectivity index (χ4n) is 3.33. The smallest absolute Gasteiger partial charge is 0.0342 e. The minimum absolute atomic E-state index is 0.675. The van der Waals surface area contributed by atoms with Crippen molar-refractivity contribution in [3.05, 3.63) is 114 Å². The summed E-state index contributed by atoms with van der Waals surface area (Å²) in [6.07, 6.45) is 10.5. The normalized spacial score (nSPS) is 13.9. The predicted molar refractivity (Wildman–Crippen MR) is 117 cm³/mol. The Morgan fingerprint density at radius 1 is 0.741 bits per heavy atom. The molecule has 0 aromatic heterocycles. The van der Waals surface area contributed by atoms with E-state index in [1.165, 1.54) is 47.2 Å². The Morgan fingerprint density at radius 3 is 1.85 bits per heavy atom. The van der Waals surface area contributed by atoms with Crippen molar-refractivity contribution in [2.45, 2.75) is 25.3 Å². The molecule has 0 saturated heterocycles. The molecule has 0 radical (unpaired) electrons. The maximum Gasteiger partial charge on any atom is 0.0342 e. The molecule has 134 valence electrons. The highest BCUT2D eigenvalue weighted by Crippen LogP contribution is 2.25. The molecule has 1 saturated carbocycles. The number of hydrogen-bond acceptors (Lipinski definition) is 1. The molecule has 3 aromatic carbocycles. The van der Waals surface area contributed by atoms with Gasteiger partial charge in [0, 0.05) is 11.7 Å². The summed E-state index contributed by atoms with van der Waals surface area (Å²) in [5, 5.41) is 3.59. The first kappa shape index (κ1) is 17.4. The predicted octanol–water partition coefficient (Wildman–Crippen LogP) is 6.80. The number of benzene rings is 3. The Bertz CT molecular complexity index is 860. The van der Waals surface area contributed by atoms with E-state index in [-0.39, 0.29) is 0 Å². The largest absolute Gasteiger partial charge is 0.382 e. The topological polar surface area (TPSA) is 12.0 Å². The number of hydrogen-bond donors (Lipinski definition) is 1. The maximum absolute atomic E-state index is 3.59. The third kappa shape index (κ3) is 4.57. The van der Waals surface area contributed by atoms with Crippen molar-refractivity contribution in [1.29, 1.82) is 0 Å². The third-order valence-corrected chi connectivity index (χ3v) is 5.11. The lowest BCUT2D eigenvalue weighted by Gasteiger charge is -2.27. The monoisotopic (exact) mass is 351 g/mol. The van der Waals surface area contributed by atoms with Gasteiger partial charge in [0.15, 0.2) is 0 Å². The van der Waals surface area contributed by atoms with Crippen LogP contribution in [0.2, 0.25) is 0 Å². The molecule has 4 rings (SSSR count). The van der Waals surface area contributed by atoms with Gasteiger partial charge < -0.3 is 5.32 Å². The van der Waals surface area contributed by atoms with Crippen LogP contribution in [-0.4, -0.2) is 6.04 Å². The van der Waals surface area contributed by atoms with Crippen molar-refractivity contribution in [3.63, 3.8) is 0 Å². The van der Waals surface area contributed by atoms with Gasteiger partial charge in [-0.1, -0.05) is 91.0 Å². The molecule has 0 atom stereocenters. The first-order valence-corrected chi connectivity index (χ1v) is 9.74. The number of nitrogens with one attached hydrogen (secondary N) is 1. The highest BCUT2D eigenvalue weighted by Gasteiger charge is 2.16. The summed E-state index contributed by atoms with van der Waals surface area (Å²) in [6, 6.07) is 30.5. The molecular formula is C26H25N. The molecule has 1 N–H and O–H groups in total. The molecule has 0 heterocycles. The van der Waals surface area contributed by atoms with Crippen LogP contribution in [0.3, 0.4) is 0 Å². The quantitative estimate of drug-likeness (QED) is 0.482. The van der Waals surface area contributed by atoms with E-state index in [0.717, 1.165) is 0 Å². The SMILES string of the molecule is C(=Cc1ccc(NC2CCC2)cc1)C=C(c1ccccc1)c1ccccc1. The summed E-state index contributed by atoms with van der Waals surface area (Å²) in [5.74, 6) is 0. The Kier molecular flexibility index (Phi) is 5.50. The van der Waals surface area contributed by atoms with E-state index in [9.17, 15) is 0 Å². The Morgan fingerprint density at radius 2 is 1.33 bits per heavy atom. The van der Waals surface area contributed by atoms with Crippen molar-refractivity contribution >= 4 is 17.3 Å². The summed E-state index contributed by atoms with van der Waals surface area (Å²) < 4.78 is 0. The van der Waals surface area contributed by atoms with Crippen LogP contribution in [0.5, 0.6) is 0 Å². The van der Waals surface area contributed by atoms with Crippen LogP contribution in [0.25, 0.3) is 11.6 Å². The molecule has 0 bridgehead atoms. The fraction of sp³-hybridized carbons (Fsp3) is 0.154. The average molecular weight is 351 g/mol. The van der Waals surface area contributed by atoms with Crippen LogP contribution in [0.1, 0.15) is 36.0 Å². The van der Waals surface area contributed by atoms with Crippen molar-refractivity contribution in [2.24, 2.45) is 0 Å². The average Bonchev–Trinajstić information content (AvgIpc) is 2.70. The van der Waals surface area contributed by atoms with E-state index < -0.39 is 0 Å². The number of allylic oxidation sites excluding steroid dienone is 2. The fourth-order valence-corrected chi connectivity index (χ4v) is 3.33. The molecule has 0 spiro atoms. The molecular weight excluding hydrogens is 326 g/mol. The van der Waals surface area contributed by atoms with Crippen LogP contribution in [-0.2, 0) is 0 Å². The highest BCUT2D eigenvalue weighted by molar-refractivity contribution is 5.81. The van der Waals surface area contributed by atoms with Crippen LogP contribution < -0.4 is 5.32 Å². The van der Waals surface area contributed by atoms with E-state index >= 15 is 0 Å². The lowest BCUT2D eigenvalue weighted by atomic mass is 9.93. The zero-order chi connectivity index (χ0) is 18.3. The van der Waals surface area contributed by atoms with E-state index in [2.05, 4.69) is 108 Å². The van der Waals surface area contributed by atoms with E-state index in [1.807, 2.05) is 0 Å². The van der Waals surface area contributed by atoms with Gasteiger partial charge in [0.05, 0.1) is 0 Å². The van der Waals surface area contributed by atoms with Gasteiger partial charge in [-0.05, 0) is 53.7 Å². The standard InChI is InChI=1S/C26H25N/c1-3-10-22(11-4-1)26(23-12-5-2-6-13-23)16-7-9-21-17-19-25(20-18-21)27-24-14-8-15-24/h1-7,9-13,16-20,24,27H,8,14-15H2. The lowest BCUT2D eigenvalue weighted by Crippen LogP contribution is -2.26. The van der Waals surface area contributed by atoms with Crippen molar-refractivity contribution < 1.29 is 0 Å². The molecule has 1 heteroatoms. The Labute approximate surface area is 162 Å². The van der Waals surface area contributed by atoms with Crippen LogP contribution in [0.15, 0.2) is 97.1 Å². The first-order valence-electron chi connectivity index (χ1n) is 9.74. The summed E-state index contributed by atoms with van der Waals surface area (Å²) in [7, 11) is 0. The third-order valence-electron chi connectivity index (χ3n) is 5.11. The number of rotatable bonds is 6. The second kappa shape index (κ2) is 8.55. The lowest BCUT2D eigenvalue weighted by molar-refractivity contribution is 0.445. The Hall–Kier alpha value is -3.06. The van der Waals surface area contributed by atoms with Crippen LogP contribution in [0, 0.1) is 0 Å². The van der Waals surface area contributed by atoms with E-state index in [4.69, 9.17) is 0 Å². The van der Waals surface area contributed by atoms with Gasteiger partial charge in [-0.15, -0.1) is 0 Å². The second-order valence-electron chi connectivity index (χ2n) is 7.07. The zero-order valence-electron chi connectivity index (χ0n) is 15.5. The first-order chi connectivity index (χ1) is 13.4. The number of anilines is 1. The van der Waals surface area contributed by atoms with Crippen molar-refractivity contribution in [3.8, 4) is 0 Å². The maximum atomic E-state index is 3.59. The van der Waals surface area contributed by atoms with Gasteiger partial charge in [0.2, 0.25) is 0 Å². The van der Waals surface area contributed by atoms with E-state index in [0.29, 0.717) is 6.04 Å². The summed E-state index contributed by atoms with van der Waals surface area (Å²) in [6.45, 7) is 0. The zero-order valence-corrected chi connectivity index (χ0v) is 15.5. The molecule has 3 aromatic rings. The minimum Gasteiger partial charge on any atom is -0.382 e. The van der Waals surface area contributed by atoms with Crippen molar-refractivity contribution in [1.82, 2.24) is 0 Å². The van der Waals surface area contributed by atoms with Gasteiger partial charge in [0.1, 0.15) is 0 Å². The molecule has 0 aliphatic heterocycles. The molecule has 0 unspecified atom stereocenters. The molecule has 0 amide bonds. The van der Waals surface area contributed by atoms with Gasteiger partial charge in [-0.3, -0.25) is 0 Å². The van der Waals surface area contributed by atoms with Crippen LogP contribution in [0.4, 0.5) is 5.69 Å². The van der Waals surface area contributed by atoms with Gasteiger partial charge in [0.25, 0.3) is 0 Å². The molecule has 1 aliphatic rings. The second-order valence-corrected chi connectivity index (χ2v) is 7.07. The van der Waals surface area contributed by atoms with Gasteiger partial charge >= 0.3 is 0 Å². The molecule has 1 nitrogen and oxygen atoms in total. The van der Waals surface area contributed by atoms with Crippen molar-refractivity contribution in [2.75, 3.05) is 5.32 Å². The van der Waals surface area contributed by atoms with E-state index in [1.54, 1.807) is 0 Å². The Balaban J connectivity index is 1.52. The van der Waals surface area contributed by atoms with Crippen LogP contribution >= 0.6 is 0 Å². The molecule has 1 fully saturated rings. The minimum atomic E-state index is 0.675. The summed E-state index contributed by atoms with van der Waals surface area (Å²) in [5.41, 5.74) is 6.13.